The molecule has 0 N–H and O–H groups in total. The van der Waals surface area contributed by atoms with Gasteiger partial charge in [-0.1, -0.05) is 29.8 Å². The van der Waals surface area contributed by atoms with Gasteiger partial charge < -0.3 is 9.64 Å². The molecule has 0 aliphatic carbocycles. The fourth-order valence-electron chi connectivity index (χ4n) is 2.36. The standard InChI is InChI=1S/C17H23NO2/c1-3-18(13-16-5-4-12-20-16)17(19)11-10-15-8-6-14(2)7-9-15/h6-11,16H,3-5,12-13H2,1-2H3. The van der Waals surface area contributed by atoms with E-state index in [1.165, 1.54) is 5.56 Å². The van der Waals surface area contributed by atoms with Crippen molar-refractivity contribution < 1.29 is 9.53 Å². The molecular formula is C17H23NO2. The van der Waals surface area contributed by atoms with E-state index in [-0.39, 0.29) is 12.0 Å². The van der Waals surface area contributed by atoms with Gasteiger partial charge in [0.15, 0.2) is 0 Å². The predicted molar refractivity (Wildman–Crippen MR) is 81.4 cm³/mol. The molecule has 1 saturated heterocycles. The molecule has 1 heterocycles. The van der Waals surface area contributed by atoms with Gasteiger partial charge in [-0.15, -0.1) is 0 Å². The molecule has 108 valence electrons. The van der Waals surface area contributed by atoms with Crippen LogP contribution in [0.5, 0.6) is 0 Å². The van der Waals surface area contributed by atoms with E-state index in [0.717, 1.165) is 31.6 Å². The second-order valence-corrected chi connectivity index (χ2v) is 5.26. The molecule has 2 rings (SSSR count). The van der Waals surface area contributed by atoms with E-state index >= 15 is 0 Å². The first-order valence-electron chi connectivity index (χ1n) is 7.34. The molecule has 1 aromatic carbocycles. The number of amides is 1. The molecule has 1 aromatic rings. The molecule has 3 nitrogen and oxygen atoms in total. The van der Waals surface area contributed by atoms with Gasteiger partial charge in [-0.25, -0.2) is 0 Å². The van der Waals surface area contributed by atoms with Gasteiger partial charge in [-0.05, 0) is 38.3 Å². The Hall–Kier alpha value is -1.61. The normalized spacial score (nSPS) is 18.6. The van der Waals surface area contributed by atoms with Crippen LogP contribution >= 0.6 is 0 Å². The third-order valence-electron chi connectivity index (χ3n) is 3.64. The van der Waals surface area contributed by atoms with Crippen LogP contribution in [-0.4, -0.2) is 36.6 Å². The summed E-state index contributed by atoms with van der Waals surface area (Å²) < 4.78 is 5.59. The third kappa shape index (κ3) is 4.20. The minimum absolute atomic E-state index is 0.0589. The lowest BCUT2D eigenvalue weighted by Gasteiger charge is -2.22. The van der Waals surface area contributed by atoms with Crippen molar-refractivity contribution in [2.45, 2.75) is 32.8 Å². The molecule has 20 heavy (non-hydrogen) atoms. The molecule has 0 radical (unpaired) electrons. The van der Waals surface area contributed by atoms with Crippen molar-refractivity contribution in [3.05, 3.63) is 41.5 Å². The van der Waals surface area contributed by atoms with Crippen molar-refractivity contribution in [3.8, 4) is 0 Å². The van der Waals surface area contributed by atoms with E-state index in [9.17, 15) is 4.79 Å². The Morgan fingerprint density at radius 1 is 1.40 bits per heavy atom. The monoisotopic (exact) mass is 273 g/mol. The summed E-state index contributed by atoms with van der Waals surface area (Å²) in [5, 5.41) is 0. The lowest BCUT2D eigenvalue weighted by molar-refractivity contribution is -0.127. The molecule has 3 heteroatoms. The van der Waals surface area contributed by atoms with Crippen molar-refractivity contribution in [1.29, 1.82) is 0 Å². The smallest absolute Gasteiger partial charge is 0.246 e. The van der Waals surface area contributed by atoms with E-state index in [1.807, 2.05) is 42.2 Å². The van der Waals surface area contributed by atoms with Crippen LogP contribution in [0.25, 0.3) is 6.08 Å². The summed E-state index contributed by atoms with van der Waals surface area (Å²) in [6.07, 6.45) is 5.91. The maximum absolute atomic E-state index is 12.2. The highest BCUT2D eigenvalue weighted by atomic mass is 16.5. The zero-order chi connectivity index (χ0) is 14.4. The van der Waals surface area contributed by atoms with Gasteiger partial charge in [0.1, 0.15) is 0 Å². The summed E-state index contributed by atoms with van der Waals surface area (Å²) in [6.45, 7) is 6.31. The second-order valence-electron chi connectivity index (χ2n) is 5.26. The minimum Gasteiger partial charge on any atom is -0.376 e. The summed E-state index contributed by atoms with van der Waals surface area (Å²) >= 11 is 0. The van der Waals surface area contributed by atoms with Crippen LogP contribution in [0.3, 0.4) is 0 Å². The maximum atomic E-state index is 12.2. The van der Waals surface area contributed by atoms with Crippen LogP contribution in [0.4, 0.5) is 0 Å². The topological polar surface area (TPSA) is 29.5 Å². The van der Waals surface area contributed by atoms with Crippen molar-refractivity contribution in [3.63, 3.8) is 0 Å². The number of nitrogens with zero attached hydrogens (tertiary/aromatic N) is 1. The van der Waals surface area contributed by atoms with Gasteiger partial charge in [0, 0.05) is 25.8 Å². The van der Waals surface area contributed by atoms with Crippen LogP contribution in [-0.2, 0) is 9.53 Å². The first-order valence-corrected chi connectivity index (χ1v) is 7.34. The number of likely N-dealkylation sites (N-methyl/N-ethyl adjacent to an activating group) is 1. The first-order chi connectivity index (χ1) is 9.69. The molecule has 1 amide bonds. The SMILES string of the molecule is CCN(CC1CCCO1)C(=O)C=Cc1ccc(C)cc1. The van der Waals surface area contributed by atoms with Gasteiger partial charge in [0.25, 0.3) is 0 Å². The van der Waals surface area contributed by atoms with Crippen LogP contribution in [0.2, 0.25) is 0 Å². The van der Waals surface area contributed by atoms with Crippen LogP contribution in [0.15, 0.2) is 30.3 Å². The van der Waals surface area contributed by atoms with Gasteiger partial charge >= 0.3 is 0 Å². The second kappa shape index (κ2) is 7.25. The number of carbonyl (C=O) groups is 1. The molecule has 1 fully saturated rings. The fourth-order valence-corrected chi connectivity index (χ4v) is 2.36. The van der Waals surface area contributed by atoms with Crippen LogP contribution in [0.1, 0.15) is 30.9 Å². The van der Waals surface area contributed by atoms with E-state index in [4.69, 9.17) is 4.74 Å². The summed E-state index contributed by atoms with van der Waals surface area (Å²) in [5.74, 6) is 0.0589. The quantitative estimate of drug-likeness (QED) is 0.772. The lowest BCUT2D eigenvalue weighted by Crippen LogP contribution is -2.36. The Morgan fingerprint density at radius 3 is 2.75 bits per heavy atom. The highest BCUT2D eigenvalue weighted by Crippen LogP contribution is 2.14. The summed E-state index contributed by atoms with van der Waals surface area (Å²) in [7, 11) is 0. The highest BCUT2D eigenvalue weighted by molar-refractivity contribution is 5.91. The highest BCUT2D eigenvalue weighted by Gasteiger charge is 2.20. The zero-order valence-electron chi connectivity index (χ0n) is 12.3. The summed E-state index contributed by atoms with van der Waals surface area (Å²) in [6, 6.07) is 8.15. The number of benzene rings is 1. The number of carbonyl (C=O) groups excluding carboxylic acids is 1. The van der Waals surface area contributed by atoms with Crippen LogP contribution < -0.4 is 0 Å². The van der Waals surface area contributed by atoms with Gasteiger partial charge in [-0.3, -0.25) is 4.79 Å². The van der Waals surface area contributed by atoms with E-state index in [0.29, 0.717) is 6.54 Å². The molecule has 1 aliphatic heterocycles. The van der Waals surface area contributed by atoms with Gasteiger partial charge in [0.05, 0.1) is 6.10 Å². The Labute approximate surface area is 121 Å². The van der Waals surface area contributed by atoms with Crippen molar-refractivity contribution in [2.24, 2.45) is 0 Å². The average molecular weight is 273 g/mol. The number of aryl methyl sites for hydroxylation is 1. The van der Waals surface area contributed by atoms with Crippen molar-refractivity contribution in [1.82, 2.24) is 4.90 Å². The Bertz CT molecular complexity index is 458. The number of ether oxygens (including phenoxy) is 1. The molecular weight excluding hydrogens is 250 g/mol. The number of hydrogen-bond donors (Lipinski definition) is 0. The summed E-state index contributed by atoms with van der Waals surface area (Å²) in [5.41, 5.74) is 2.28. The van der Waals surface area contributed by atoms with E-state index in [1.54, 1.807) is 6.08 Å². The van der Waals surface area contributed by atoms with Gasteiger partial charge in [0.2, 0.25) is 5.91 Å². The van der Waals surface area contributed by atoms with Crippen molar-refractivity contribution in [2.75, 3.05) is 19.7 Å². The third-order valence-corrected chi connectivity index (χ3v) is 3.64. The molecule has 0 bridgehead atoms. The molecule has 1 atom stereocenters. The number of rotatable bonds is 5. The van der Waals surface area contributed by atoms with E-state index in [2.05, 4.69) is 6.92 Å². The Morgan fingerprint density at radius 2 is 2.15 bits per heavy atom. The van der Waals surface area contributed by atoms with Crippen molar-refractivity contribution >= 4 is 12.0 Å². The maximum Gasteiger partial charge on any atom is 0.246 e. The summed E-state index contributed by atoms with van der Waals surface area (Å²) in [4.78, 5) is 14.0. The average Bonchev–Trinajstić information content (AvgIpc) is 2.97. The molecule has 0 aromatic heterocycles. The zero-order valence-corrected chi connectivity index (χ0v) is 12.3. The minimum atomic E-state index is 0.0589. The van der Waals surface area contributed by atoms with E-state index < -0.39 is 0 Å². The fraction of sp³-hybridized carbons (Fsp3) is 0.471. The van der Waals surface area contributed by atoms with Crippen LogP contribution in [0, 0.1) is 6.92 Å². The molecule has 1 aliphatic rings. The molecule has 1 unspecified atom stereocenters. The van der Waals surface area contributed by atoms with Gasteiger partial charge in [-0.2, -0.15) is 0 Å². The molecule has 0 spiro atoms. The lowest BCUT2D eigenvalue weighted by atomic mass is 10.1. The first kappa shape index (κ1) is 14.8. The number of hydrogen-bond acceptors (Lipinski definition) is 2. The Kier molecular flexibility index (Phi) is 5.36. The Balaban J connectivity index is 1.92. The predicted octanol–water partition coefficient (Wildman–Crippen LogP) is 3.04. The largest absolute Gasteiger partial charge is 0.376 e. The molecule has 0 saturated carbocycles.